The van der Waals surface area contributed by atoms with Crippen LogP contribution in [0.25, 0.3) is 11.2 Å². The summed E-state index contributed by atoms with van der Waals surface area (Å²) in [5.74, 6) is 1.43. The van der Waals surface area contributed by atoms with E-state index in [4.69, 9.17) is 4.42 Å². The van der Waals surface area contributed by atoms with Gasteiger partial charge < -0.3 is 14.2 Å². The number of nitrogens with zero attached hydrogens (tertiary/aromatic N) is 5. The molecule has 6 nitrogen and oxygen atoms in total. The number of fused-ring (bicyclic) bond motifs is 1. The fourth-order valence-electron chi connectivity index (χ4n) is 2.65. The quantitative estimate of drug-likeness (QED) is 0.694. The summed E-state index contributed by atoms with van der Waals surface area (Å²) in [7, 11) is 4.14. The summed E-state index contributed by atoms with van der Waals surface area (Å²) in [6.07, 6.45) is 1.54. The highest BCUT2D eigenvalue weighted by Crippen LogP contribution is 2.24. The molecule has 0 aliphatic rings. The summed E-state index contributed by atoms with van der Waals surface area (Å²) in [5.41, 5.74) is 3.82. The van der Waals surface area contributed by atoms with Crippen molar-refractivity contribution in [1.82, 2.24) is 19.9 Å². The lowest BCUT2D eigenvalue weighted by atomic mass is 10.1. The van der Waals surface area contributed by atoms with Crippen LogP contribution in [0.1, 0.15) is 17.0 Å². The van der Waals surface area contributed by atoms with E-state index in [-0.39, 0.29) is 0 Å². The van der Waals surface area contributed by atoms with Crippen LogP contribution in [0.5, 0.6) is 0 Å². The molecule has 0 unspecified atom stereocenters. The molecule has 126 valence electrons. The van der Waals surface area contributed by atoms with Crippen LogP contribution in [0.15, 0.2) is 35.0 Å². The lowest BCUT2D eigenvalue weighted by molar-refractivity contribution is 0.412. The van der Waals surface area contributed by atoms with E-state index in [2.05, 4.69) is 70.0 Å². The van der Waals surface area contributed by atoms with Crippen molar-refractivity contribution in [3.05, 3.63) is 47.6 Å². The number of oxazole rings is 1. The number of rotatable bonds is 6. The molecule has 2 heterocycles. The van der Waals surface area contributed by atoms with Gasteiger partial charge in [-0.3, -0.25) is 0 Å². The van der Waals surface area contributed by atoms with Gasteiger partial charge >= 0.3 is 0 Å². The van der Waals surface area contributed by atoms with E-state index in [1.807, 2.05) is 6.92 Å². The first-order chi connectivity index (χ1) is 11.5. The number of hydrogen-bond donors (Lipinski definition) is 0. The predicted molar refractivity (Wildman–Crippen MR) is 95.1 cm³/mol. The van der Waals surface area contributed by atoms with Gasteiger partial charge in [0.2, 0.25) is 0 Å². The second kappa shape index (κ2) is 6.97. The molecular formula is C18H23N5O. The summed E-state index contributed by atoms with van der Waals surface area (Å²) in [6, 6.07) is 8.43. The van der Waals surface area contributed by atoms with Crippen LogP contribution in [-0.4, -0.2) is 47.0 Å². The molecule has 0 N–H and O–H groups in total. The molecule has 0 spiro atoms. The average Bonchev–Trinajstić information content (AvgIpc) is 2.93. The van der Waals surface area contributed by atoms with Gasteiger partial charge in [-0.25, -0.2) is 9.97 Å². The van der Waals surface area contributed by atoms with Crippen molar-refractivity contribution in [3.8, 4) is 0 Å². The van der Waals surface area contributed by atoms with Crippen LogP contribution in [0.3, 0.4) is 0 Å². The topological polar surface area (TPSA) is 58.3 Å². The minimum Gasteiger partial charge on any atom is -0.422 e. The molecule has 6 heteroatoms. The van der Waals surface area contributed by atoms with E-state index in [0.29, 0.717) is 11.6 Å². The molecule has 0 saturated carbocycles. The molecule has 3 rings (SSSR count). The smallest absolute Gasteiger partial charge is 0.252 e. The number of aromatic nitrogens is 3. The lowest BCUT2D eigenvalue weighted by Crippen LogP contribution is -2.32. The van der Waals surface area contributed by atoms with E-state index < -0.39 is 0 Å². The monoisotopic (exact) mass is 325 g/mol. The van der Waals surface area contributed by atoms with Crippen molar-refractivity contribution < 1.29 is 4.42 Å². The summed E-state index contributed by atoms with van der Waals surface area (Å²) < 4.78 is 5.56. The summed E-state index contributed by atoms with van der Waals surface area (Å²) >= 11 is 0. The average molecular weight is 325 g/mol. The van der Waals surface area contributed by atoms with Crippen LogP contribution in [0, 0.1) is 13.8 Å². The Labute approximate surface area is 142 Å². The zero-order chi connectivity index (χ0) is 17.1. The second-order valence-electron chi connectivity index (χ2n) is 6.24. The van der Waals surface area contributed by atoms with Crippen LogP contribution < -0.4 is 4.90 Å². The van der Waals surface area contributed by atoms with Gasteiger partial charge in [-0.05, 0) is 32.1 Å². The van der Waals surface area contributed by atoms with Gasteiger partial charge in [-0.1, -0.05) is 24.3 Å². The molecule has 24 heavy (non-hydrogen) atoms. The van der Waals surface area contributed by atoms with Crippen molar-refractivity contribution in [3.63, 3.8) is 0 Å². The third-order valence-electron chi connectivity index (χ3n) is 4.02. The molecule has 0 bridgehead atoms. The van der Waals surface area contributed by atoms with E-state index >= 15 is 0 Å². The van der Waals surface area contributed by atoms with Crippen LogP contribution in [0.2, 0.25) is 0 Å². The Bertz CT molecular complexity index is 827. The highest BCUT2D eigenvalue weighted by molar-refractivity contribution is 5.81. The lowest BCUT2D eigenvalue weighted by Gasteiger charge is -2.26. The first kappa shape index (κ1) is 16.4. The molecule has 2 aromatic heterocycles. The molecule has 0 aliphatic carbocycles. The van der Waals surface area contributed by atoms with Crippen molar-refractivity contribution >= 4 is 17.0 Å². The van der Waals surface area contributed by atoms with E-state index in [9.17, 15) is 0 Å². The summed E-state index contributed by atoms with van der Waals surface area (Å²) in [5, 5.41) is 0. The van der Waals surface area contributed by atoms with Crippen molar-refractivity contribution in [1.29, 1.82) is 0 Å². The Morgan fingerprint density at radius 1 is 1.04 bits per heavy atom. The number of benzene rings is 1. The normalized spacial score (nSPS) is 11.4. The van der Waals surface area contributed by atoms with Gasteiger partial charge in [0.05, 0.1) is 0 Å². The molecule has 0 saturated heterocycles. The van der Waals surface area contributed by atoms with Crippen LogP contribution in [0.4, 0.5) is 5.82 Å². The van der Waals surface area contributed by atoms with Gasteiger partial charge in [0.15, 0.2) is 17.2 Å². The zero-order valence-corrected chi connectivity index (χ0v) is 14.7. The highest BCUT2D eigenvalue weighted by atomic mass is 16.4. The van der Waals surface area contributed by atoms with Crippen molar-refractivity contribution in [2.45, 2.75) is 20.4 Å². The fourth-order valence-corrected chi connectivity index (χ4v) is 2.65. The summed E-state index contributed by atoms with van der Waals surface area (Å²) in [4.78, 5) is 17.6. The first-order valence-electron chi connectivity index (χ1n) is 8.07. The number of aryl methyl sites for hydroxylation is 2. The van der Waals surface area contributed by atoms with Crippen LogP contribution >= 0.6 is 0 Å². The molecule has 3 aromatic rings. The van der Waals surface area contributed by atoms with Gasteiger partial charge in [0.25, 0.3) is 5.71 Å². The second-order valence-corrected chi connectivity index (χ2v) is 6.24. The molecular weight excluding hydrogens is 302 g/mol. The third kappa shape index (κ3) is 3.54. The maximum Gasteiger partial charge on any atom is 0.252 e. The van der Waals surface area contributed by atoms with E-state index in [0.717, 1.165) is 31.0 Å². The number of hydrogen-bond acceptors (Lipinski definition) is 6. The molecule has 0 amide bonds. The Hall–Kier alpha value is -2.47. The predicted octanol–water partition coefficient (Wildman–Crippen LogP) is 2.80. The first-order valence-corrected chi connectivity index (χ1v) is 8.07. The summed E-state index contributed by atoms with van der Waals surface area (Å²) in [6.45, 7) is 6.51. The SMILES string of the molecule is Cc1nc2c(N(CCN(C)C)Cc3ccccc3C)ncnc2o1. The highest BCUT2D eigenvalue weighted by Gasteiger charge is 2.17. The molecule has 1 aromatic carbocycles. The molecule has 0 radical (unpaired) electrons. The van der Waals surface area contributed by atoms with E-state index in [1.165, 1.54) is 11.1 Å². The van der Waals surface area contributed by atoms with Crippen molar-refractivity contribution in [2.75, 3.05) is 32.1 Å². The minimum absolute atomic E-state index is 0.539. The molecule has 0 atom stereocenters. The van der Waals surface area contributed by atoms with Gasteiger partial charge in [-0.2, -0.15) is 4.98 Å². The third-order valence-corrected chi connectivity index (χ3v) is 4.02. The Kier molecular flexibility index (Phi) is 4.76. The largest absolute Gasteiger partial charge is 0.422 e. The maximum atomic E-state index is 5.56. The van der Waals surface area contributed by atoms with Gasteiger partial charge in [-0.15, -0.1) is 0 Å². The van der Waals surface area contributed by atoms with Crippen LogP contribution in [-0.2, 0) is 6.54 Å². The zero-order valence-electron chi connectivity index (χ0n) is 14.7. The molecule has 0 aliphatic heterocycles. The number of anilines is 1. The number of likely N-dealkylation sites (N-methyl/N-ethyl adjacent to an activating group) is 1. The minimum atomic E-state index is 0.539. The fraction of sp³-hybridized carbons (Fsp3) is 0.389. The Morgan fingerprint density at radius 2 is 1.83 bits per heavy atom. The molecule has 0 fully saturated rings. The Balaban J connectivity index is 1.98. The van der Waals surface area contributed by atoms with E-state index in [1.54, 1.807) is 6.33 Å². The van der Waals surface area contributed by atoms with Gasteiger partial charge in [0, 0.05) is 26.6 Å². The Morgan fingerprint density at radius 3 is 2.58 bits per heavy atom. The standard InChI is InChI=1S/C18H23N5O/c1-13-7-5-6-8-15(13)11-23(10-9-22(3)4)17-16-18(20-12-19-17)24-14(2)21-16/h5-8,12H,9-11H2,1-4H3. The van der Waals surface area contributed by atoms with Crippen molar-refractivity contribution in [2.24, 2.45) is 0 Å². The van der Waals surface area contributed by atoms with Gasteiger partial charge in [0.1, 0.15) is 6.33 Å². The maximum absolute atomic E-state index is 5.56.